The zero-order valence-electron chi connectivity index (χ0n) is 13.9. The van der Waals surface area contributed by atoms with E-state index in [9.17, 15) is 22.8 Å². The lowest BCUT2D eigenvalue weighted by Crippen LogP contribution is -2.38. The molecule has 9 heteroatoms. The summed E-state index contributed by atoms with van der Waals surface area (Å²) < 4.78 is 46.6. The largest absolute Gasteiger partial charge is 0.471 e. The Morgan fingerprint density at radius 3 is 2.68 bits per heavy atom. The van der Waals surface area contributed by atoms with E-state index in [4.69, 9.17) is 15.2 Å². The van der Waals surface area contributed by atoms with Gasteiger partial charge in [-0.2, -0.15) is 13.2 Å². The molecule has 0 aliphatic heterocycles. The molecule has 3 N–H and O–H groups in total. The van der Waals surface area contributed by atoms with Crippen LogP contribution in [0, 0.1) is 11.8 Å². The summed E-state index contributed by atoms with van der Waals surface area (Å²) >= 11 is 0. The second-order valence-corrected chi connectivity index (χ2v) is 5.59. The molecule has 2 unspecified atom stereocenters. The van der Waals surface area contributed by atoms with Gasteiger partial charge in [0.2, 0.25) is 5.91 Å². The fourth-order valence-corrected chi connectivity index (χ4v) is 2.19. The van der Waals surface area contributed by atoms with Gasteiger partial charge >= 0.3 is 12.1 Å². The fourth-order valence-electron chi connectivity index (χ4n) is 2.19. The number of alkyl halides is 3. The molecule has 0 heterocycles. The molecule has 1 aliphatic rings. The summed E-state index contributed by atoms with van der Waals surface area (Å²) in [6.07, 6.45) is -1.38. The number of primary amides is 1. The lowest BCUT2D eigenvalue weighted by atomic mass is 10.1. The Balaban J connectivity index is 2.27. The van der Waals surface area contributed by atoms with Crippen LogP contribution in [0.4, 0.5) is 13.2 Å². The van der Waals surface area contributed by atoms with Gasteiger partial charge in [0.15, 0.2) is 0 Å². The molecule has 1 aliphatic carbocycles. The molecule has 1 rings (SSSR count). The lowest BCUT2D eigenvalue weighted by Gasteiger charge is -2.20. The number of carbonyl (C=O) groups excluding carboxylic acids is 2. The number of nitrogens with one attached hydrogen (secondary N) is 1. The monoisotopic (exact) mass is 364 g/mol. The van der Waals surface area contributed by atoms with E-state index in [1.165, 1.54) is 0 Å². The van der Waals surface area contributed by atoms with Gasteiger partial charge in [-0.15, -0.1) is 5.92 Å². The van der Waals surface area contributed by atoms with Crippen LogP contribution in [0.3, 0.4) is 0 Å². The maximum absolute atomic E-state index is 12.0. The highest BCUT2D eigenvalue weighted by Gasteiger charge is 2.38. The Morgan fingerprint density at radius 2 is 2.00 bits per heavy atom. The van der Waals surface area contributed by atoms with Gasteiger partial charge in [-0.05, 0) is 19.3 Å². The Hall–Kier alpha value is -1.79. The second-order valence-electron chi connectivity index (χ2n) is 5.59. The minimum Gasteiger partial charge on any atom is -0.380 e. The Bertz CT molecular complexity index is 500. The summed E-state index contributed by atoms with van der Waals surface area (Å²) in [4.78, 5) is 22.0. The molecular weight excluding hydrogens is 341 g/mol. The van der Waals surface area contributed by atoms with Gasteiger partial charge in [0.1, 0.15) is 12.2 Å². The summed E-state index contributed by atoms with van der Waals surface area (Å²) in [5, 5.41) is 1.68. The number of ether oxygens (including phenoxy) is 2. The van der Waals surface area contributed by atoms with Crippen molar-refractivity contribution in [3.63, 3.8) is 0 Å². The van der Waals surface area contributed by atoms with Crippen LogP contribution >= 0.6 is 0 Å². The molecule has 0 aromatic rings. The van der Waals surface area contributed by atoms with Crippen LogP contribution < -0.4 is 11.1 Å². The van der Waals surface area contributed by atoms with E-state index >= 15 is 0 Å². The summed E-state index contributed by atoms with van der Waals surface area (Å²) in [5.74, 6) is 3.31. The maximum Gasteiger partial charge on any atom is 0.471 e. The zero-order valence-corrected chi connectivity index (χ0v) is 13.9. The minimum atomic E-state index is -4.91. The number of hydrogen-bond donors (Lipinski definition) is 2. The summed E-state index contributed by atoms with van der Waals surface area (Å²) in [7, 11) is 0. The molecule has 0 saturated heterocycles. The third-order valence-electron chi connectivity index (χ3n) is 3.49. The molecule has 0 aromatic carbocycles. The van der Waals surface area contributed by atoms with Crippen molar-refractivity contribution in [2.45, 2.75) is 56.9 Å². The highest BCUT2D eigenvalue weighted by atomic mass is 19.4. The average Bonchev–Trinajstić information content (AvgIpc) is 2.49. The van der Waals surface area contributed by atoms with Gasteiger partial charge in [-0.3, -0.25) is 9.59 Å². The van der Waals surface area contributed by atoms with Gasteiger partial charge in [-0.1, -0.05) is 12.3 Å². The number of amides is 2. The van der Waals surface area contributed by atoms with Gasteiger partial charge < -0.3 is 20.5 Å². The van der Waals surface area contributed by atoms with Crippen molar-refractivity contribution in [1.82, 2.24) is 5.32 Å². The summed E-state index contributed by atoms with van der Waals surface area (Å²) in [6.45, 7) is -0.333. The highest BCUT2D eigenvalue weighted by Crippen LogP contribution is 2.14. The van der Waals surface area contributed by atoms with E-state index in [0.717, 1.165) is 32.1 Å². The quantitative estimate of drug-likeness (QED) is 0.476. The van der Waals surface area contributed by atoms with Crippen molar-refractivity contribution in [3.8, 4) is 11.8 Å². The lowest BCUT2D eigenvalue weighted by molar-refractivity contribution is -0.173. The van der Waals surface area contributed by atoms with Crippen molar-refractivity contribution in [2.24, 2.45) is 5.73 Å². The topological polar surface area (TPSA) is 90.7 Å². The van der Waals surface area contributed by atoms with Crippen LogP contribution in [0.15, 0.2) is 0 Å². The van der Waals surface area contributed by atoms with Crippen molar-refractivity contribution in [2.75, 3.05) is 19.8 Å². The smallest absolute Gasteiger partial charge is 0.380 e. The van der Waals surface area contributed by atoms with Crippen molar-refractivity contribution < 1.29 is 32.2 Å². The van der Waals surface area contributed by atoms with Crippen LogP contribution in [0.5, 0.6) is 0 Å². The highest BCUT2D eigenvalue weighted by molar-refractivity contribution is 5.81. The van der Waals surface area contributed by atoms with Crippen LogP contribution in [0.1, 0.15) is 38.5 Å². The molecule has 0 fully saturated rings. The molecule has 0 bridgehead atoms. The molecular formula is C16H23F3N2O4. The molecule has 0 saturated carbocycles. The third-order valence-corrected chi connectivity index (χ3v) is 3.49. The predicted molar refractivity (Wildman–Crippen MR) is 83.2 cm³/mol. The van der Waals surface area contributed by atoms with E-state index in [-0.39, 0.29) is 32.3 Å². The van der Waals surface area contributed by atoms with Gasteiger partial charge in [0.05, 0.1) is 6.61 Å². The van der Waals surface area contributed by atoms with E-state index in [1.807, 2.05) is 0 Å². The normalized spacial score (nSPS) is 19.1. The standard InChI is InChI=1S/C16H23F3N2O4/c17-16(18,19)15(23)21-9-11-24-10-8-13(14(20)22)25-12-6-4-2-1-3-5-7-12/h12-13H,1-4,6,8-11H2,(H2,20,22)(H,21,23). The number of nitrogens with two attached hydrogens (primary N) is 1. The molecule has 0 aromatic heterocycles. The SMILES string of the molecule is NC(=O)C(CCOCCNC(=O)C(F)(F)F)OC1C#CCCCCC1. The number of carbonyl (C=O) groups is 2. The molecule has 2 atom stereocenters. The first-order chi connectivity index (χ1) is 11.8. The molecule has 142 valence electrons. The molecule has 0 radical (unpaired) electrons. The minimum absolute atomic E-state index is 0.0651. The van der Waals surface area contributed by atoms with E-state index in [0.29, 0.717) is 0 Å². The van der Waals surface area contributed by atoms with Crippen molar-refractivity contribution in [1.29, 1.82) is 0 Å². The molecule has 2 amide bonds. The zero-order chi connectivity index (χ0) is 18.7. The van der Waals surface area contributed by atoms with E-state index in [1.54, 1.807) is 5.32 Å². The van der Waals surface area contributed by atoms with E-state index < -0.39 is 24.1 Å². The van der Waals surface area contributed by atoms with Crippen molar-refractivity contribution >= 4 is 11.8 Å². The van der Waals surface area contributed by atoms with Gasteiger partial charge in [-0.25, -0.2) is 0 Å². The Morgan fingerprint density at radius 1 is 1.24 bits per heavy atom. The van der Waals surface area contributed by atoms with Gasteiger partial charge in [0, 0.05) is 26.0 Å². The molecule has 25 heavy (non-hydrogen) atoms. The van der Waals surface area contributed by atoms with Crippen LogP contribution in [0.25, 0.3) is 0 Å². The van der Waals surface area contributed by atoms with Crippen molar-refractivity contribution in [3.05, 3.63) is 0 Å². The third kappa shape index (κ3) is 9.31. The number of rotatable bonds is 9. The van der Waals surface area contributed by atoms with E-state index in [2.05, 4.69) is 11.8 Å². The van der Waals surface area contributed by atoms with Crippen LogP contribution in [-0.4, -0.2) is 50.0 Å². The first-order valence-electron chi connectivity index (χ1n) is 8.16. The molecule has 6 nitrogen and oxygen atoms in total. The second kappa shape index (κ2) is 10.9. The summed E-state index contributed by atoms with van der Waals surface area (Å²) in [6, 6.07) is 0. The maximum atomic E-state index is 12.0. The number of halogens is 3. The fraction of sp³-hybridized carbons (Fsp3) is 0.750. The Labute approximate surface area is 144 Å². The van der Waals surface area contributed by atoms with Crippen LogP contribution in [0.2, 0.25) is 0 Å². The molecule has 0 spiro atoms. The number of hydrogen-bond acceptors (Lipinski definition) is 4. The average molecular weight is 364 g/mol. The first-order valence-corrected chi connectivity index (χ1v) is 8.16. The van der Waals surface area contributed by atoms with Gasteiger partial charge in [0.25, 0.3) is 0 Å². The summed E-state index contributed by atoms with van der Waals surface area (Å²) in [5.41, 5.74) is 5.30. The predicted octanol–water partition coefficient (Wildman–Crippen LogP) is 1.28. The first kappa shape index (κ1) is 21.3. The van der Waals surface area contributed by atoms with Crippen LogP contribution in [-0.2, 0) is 19.1 Å². The Kier molecular flexibility index (Phi) is 9.31.